The van der Waals surface area contributed by atoms with Crippen molar-refractivity contribution in [1.82, 2.24) is 0 Å². The zero-order valence-electron chi connectivity index (χ0n) is 21.2. The van der Waals surface area contributed by atoms with Crippen molar-refractivity contribution >= 4 is 0 Å². The molecule has 180 valence electrons. The predicted octanol–water partition coefficient (Wildman–Crippen LogP) is 7.89. The van der Waals surface area contributed by atoms with Crippen LogP contribution in [0.2, 0.25) is 0 Å². The van der Waals surface area contributed by atoms with Crippen molar-refractivity contribution in [1.29, 1.82) is 0 Å². The third-order valence-electron chi connectivity index (χ3n) is 10.7. The van der Waals surface area contributed by atoms with Crippen molar-refractivity contribution < 1.29 is 9.47 Å². The van der Waals surface area contributed by atoms with E-state index in [1.165, 1.54) is 89.9 Å². The summed E-state index contributed by atoms with van der Waals surface area (Å²) in [6.45, 7) is 5.02. The Morgan fingerprint density at radius 1 is 0.548 bits per heavy atom. The first kappa shape index (κ1) is 24.1. The number of rotatable bonds is 6. The van der Waals surface area contributed by atoms with Gasteiger partial charge in [0, 0.05) is 14.2 Å². The molecule has 0 saturated heterocycles. The number of hydrogen-bond acceptors (Lipinski definition) is 2. The van der Waals surface area contributed by atoms with Crippen molar-refractivity contribution in [2.24, 2.45) is 47.3 Å². The molecule has 0 N–H and O–H groups in total. The molecule has 0 bridgehead atoms. The molecular formula is C29H52O2. The molecule has 6 atom stereocenters. The Bertz CT molecular complexity index is 517. The monoisotopic (exact) mass is 432 g/mol. The van der Waals surface area contributed by atoms with E-state index < -0.39 is 0 Å². The normalized spacial score (nSPS) is 47.2. The van der Waals surface area contributed by atoms with E-state index in [2.05, 4.69) is 13.8 Å². The van der Waals surface area contributed by atoms with Crippen LogP contribution < -0.4 is 0 Å². The van der Waals surface area contributed by atoms with Crippen molar-refractivity contribution in [3.63, 3.8) is 0 Å². The summed E-state index contributed by atoms with van der Waals surface area (Å²) in [4.78, 5) is 0. The maximum atomic E-state index is 5.72. The van der Waals surface area contributed by atoms with Gasteiger partial charge in [0.15, 0.2) is 0 Å². The molecule has 4 rings (SSSR count). The van der Waals surface area contributed by atoms with Gasteiger partial charge in [-0.3, -0.25) is 0 Å². The molecule has 31 heavy (non-hydrogen) atoms. The molecular weight excluding hydrogens is 380 g/mol. The lowest BCUT2D eigenvalue weighted by atomic mass is 9.54. The summed E-state index contributed by atoms with van der Waals surface area (Å²) in [6, 6.07) is 0. The van der Waals surface area contributed by atoms with Gasteiger partial charge in [-0.1, -0.05) is 33.1 Å². The Labute approximate surface area is 193 Å². The molecule has 0 radical (unpaired) electrons. The minimum Gasteiger partial charge on any atom is -0.381 e. The summed E-state index contributed by atoms with van der Waals surface area (Å²) in [5.41, 5.74) is 0. The van der Waals surface area contributed by atoms with E-state index >= 15 is 0 Å². The summed E-state index contributed by atoms with van der Waals surface area (Å²) in [5.74, 6) is 7.94. The Morgan fingerprint density at radius 2 is 1.03 bits per heavy atom. The number of methoxy groups -OCH3 is 2. The topological polar surface area (TPSA) is 18.5 Å². The van der Waals surface area contributed by atoms with Gasteiger partial charge in [-0.05, 0) is 124 Å². The second kappa shape index (κ2) is 11.4. The van der Waals surface area contributed by atoms with Crippen LogP contribution in [0.25, 0.3) is 0 Å². The fourth-order valence-electron chi connectivity index (χ4n) is 8.80. The van der Waals surface area contributed by atoms with Crippen molar-refractivity contribution in [2.45, 2.75) is 122 Å². The van der Waals surface area contributed by atoms with E-state index in [0.717, 1.165) is 47.3 Å². The van der Waals surface area contributed by atoms with Gasteiger partial charge in [0.2, 0.25) is 0 Å². The van der Waals surface area contributed by atoms with Crippen molar-refractivity contribution in [3.05, 3.63) is 0 Å². The second-order valence-electron chi connectivity index (χ2n) is 12.2. The third kappa shape index (κ3) is 5.71. The molecule has 0 spiro atoms. The highest BCUT2D eigenvalue weighted by Gasteiger charge is 2.46. The van der Waals surface area contributed by atoms with E-state index in [1.54, 1.807) is 6.42 Å². The highest BCUT2D eigenvalue weighted by Crippen LogP contribution is 2.54. The van der Waals surface area contributed by atoms with Gasteiger partial charge in [-0.2, -0.15) is 0 Å². The van der Waals surface area contributed by atoms with Crippen LogP contribution in [-0.4, -0.2) is 26.4 Å². The van der Waals surface area contributed by atoms with Crippen LogP contribution >= 0.6 is 0 Å². The van der Waals surface area contributed by atoms with Gasteiger partial charge in [0.25, 0.3) is 0 Å². The van der Waals surface area contributed by atoms with Crippen LogP contribution in [0.1, 0.15) is 110 Å². The molecule has 2 nitrogen and oxygen atoms in total. The lowest BCUT2D eigenvalue weighted by Gasteiger charge is -2.51. The van der Waals surface area contributed by atoms with Gasteiger partial charge in [0.05, 0.1) is 12.2 Å². The fraction of sp³-hybridized carbons (Fsp3) is 1.00. The average Bonchev–Trinajstić information content (AvgIpc) is 2.84. The third-order valence-corrected chi connectivity index (χ3v) is 10.7. The minimum absolute atomic E-state index is 0.542. The summed E-state index contributed by atoms with van der Waals surface area (Å²) in [6.07, 6.45) is 22.6. The first-order chi connectivity index (χ1) is 15.1. The molecule has 2 heteroatoms. The summed E-state index contributed by atoms with van der Waals surface area (Å²) in [7, 11) is 3.85. The van der Waals surface area contributed by atoms with E-state index in [4.69, 9.17) is 9.47 Å². The number of hydrogen-bond donors (Lipinski definition) is 0. The largest absolute Gasteiger partial charge is 0.381 e. The maximum absolute atomic E-state index is 5.72. The van der Waals surface area contributed by atoms with Crippen LogP contribution in [-0.2, 0) is 9.47 Å². The predicted molar refractivity (Wildman–Crippen MR) is 130 cm³/mol. The molecule has 5 unspecified atom stereocenters. The zero-order valence-corrected chi connectivity index (χ0v) is 21.2. The maximum Gasteiger partial charge on any atom is 0.0571 e. The van der Waals surface area contributed by atoms with E-state index in [1.807, 2.05) is 14.2 Å². The Morgan fingerprint density at radius 3 is 1.52 bits per heavy atom. The van der Waals surface area contributed by atoms with Crippen LogP contribution in [0, 0.1) is 47.3 Å². The molecule has 4 aliphatic carbocycles. The van der Waals surface area contributed by atoms with E-state index in [0.29, 0.717) is 12.2 Å². The molecule has 0 aromatic rings. The smallest absolute Gasteiger partial charge is 0.0571 e. The standard InChI is InChI=1S/C29H52O2/c1-5-21-7-17-27(23-10-14-25(31-4)15-11-23)29(19-21)28-18-20(2)6-16-26(28)22-8-12-24(30-3)13-9-22/h20-29H,5-19H2,1-4H3/t20?,21-,22?,23?,24?,25?,26?,27?,28?,29?/m0/s1. The first-order valence-corrected chi connectivity index (χ1v) is 14.2. The van der Waals surface area contributed by atoms with Crippen LogP contribution in [0.3, 0.4) is 0 Å². The van der Waals surface area contributed by atoms with Gasteiger partial charge in [-0.25, -0.2) is 0 Å². The summed E-state index contributed by atoms with van der Waals surface area (Å²) < 4.78 is 11.4. The van der Waals surface area contributed by atoms with Crippen LogP contribution in [0.4, 0.5) is 0 Å². The summed E-state index contributed by atoms with van der Waals surface area (Å²) in [5, 5.41) is 0. The SMILES string of the molecule is CC[C@H]1CCC(C2CCC(OC)CC2)C(C2CC(C)CCC2C2CCC(OC)CC2)C1. The molecule has 0 aliphatic heterocycles. The van der Waals surface area contributed by atoms with Crippen LogP contribution in [0.5, 0.6) is 0 Å². The highest BCUT2D eigenvalue weighted by molar-refractivity contribution is 4.95. The Hall–Kier alpha value is -0.0800. The second-order valence-corrected chi connectivity index (χ2v) is 12.2. The quantitative estimate of drug-likeness (QED) is 0.425. The summed E-state index contributed by atoms with van der Waals surface area (Å²) >= 11 is 0. The fourth-order valence-corrected chi connectivity index (χ4v) is 8.80. The van der Waals surface area contributed by atoms with E-state index in [-0.39, 0.29) is 0 Å². The van der Waals surface area contributed by atoms with Crippen LogP contribution in [0.15, 0.2) is 0 Å². The van der Waals surface area contributed by atoms with Gasteiger partial charge in [0.1, 0.15) is 0 Å². The van der Waals surface area contributed by atoms with Gasteiger partial charge < -0.3 is 9.47 Å². The average molecular weight is 433 g/mol. The van der Waals surface area contributed by atoms with Gasteiger partial charge in [-0.15, -0.1) is 0 Å². The minimum atomic E-state index is 0.542. The highest BCUT2D eigenvalue weighted by atomic mass is 16.5. The number of ether oxygens (including phenoxy) is 2. The van der Waals surface area contributed by atoms with E-state index in [9.17, 15) is 0 Å². The zero-order chi connectivity index (χ0) is 21.8. The Kier molecular flexibility index (Phi) is 8.82. The molecule has 4 fully saturated rings. The first-order valence-electron chi connectivity index (χ1n) is 14.2. The molecule has 0 aromatic heterocycles. The lowest BCUT2D eigenvalue weighted by molar-refractivity contribution is -0.0349. The molecule has 0 heterocycles. The molecule has 4 aliphatic rings. The molecule has 0 amide bonds. The molecule has 0 aromatic carbocycles. The lowest BCUT2D eigenvalue weighted by Crippen LogP contribution is -2.43. The van der Waals surface area contributed by atoms with Crippen molar-refractivity contribution in [2.75, 3.05) is 14.2 Å². The van der Waals surface area contributed by atoms with Gasteiger partial charge >= 0.3 is 0 Å². The Balaban J connectivity index is 1.50. The molecule has 4 saturated carbocycles. The van der Waals surface area contributed by atoms with Crippen molar-refractivity contribution in [3.8, 4) is 0 Å².